The third kappa shape index (κ3) is 5.27. The number of nitrogens with zero attached hydrogens (tertiary/aromatic N) is 3. The van der Waals surface area contributed by atoms with Crippen molar-refractivity contribution in [3.05, 3.63) is 82.6 Å². The standard InChI is InChI=1S/C20H16ClN5O/c21-16-5-1-3-14(11-16)7-9-23-20-24-10-8-18(26-20)19(27)25-17-6-2-4-15(12-17)13-22/h1-6,8,10-12H,7,9H2,(H,25,27)(H,23,24,26). The summed E-state index contributed by atoms with van der Waals surface area (Å²) in [5.74, 6) is 0.000773. The number of carbonyl (C=O) groups is 1. The fourth-order valence-corrected chi connectivity index (χ4v) is 2.66. The van der Waals surface area contributed by atoms with E-state index in [1.54, 1.807) is 24.3 Å². The van der Waals surface area contributed by atoms with Crippen LogP contribution in [0.25, 0.3) is 0 Å². The molecule has 3 rings (SSSR count). The maximum Gasteiger partial charge on any atom is 0.274 e. The van der Waals surface area contributed by atoms with Gasteiger partial charge in [0.2, 0.25) is 5.95 Å². The zero-order valence-corrected chi connectivity index (χ0v) is 15.1. The van der Waals surface area contributed by atoms with Gasteiger partial charge in [-0.15, -0.1) is 0 Å². The summed E-state index contributed by atoms with van der Waals surface area (Å²) < 4.78 is 0. The summed E-state index contributed by atoms with van der Waals surface area (Å²) in [6, 6.07) is 17.9. The Morgan fingerprint density at radius 3 is 2.81 bits per heavy atom. The number of aromatic nitrogens is 2. The molecule has 1 aromatic heterocycles. The molecule has 0 spiro atoms. The van der Waals surface area contributed by atoms with Gasteiger partial charge < -0.3 is 10.6 Å². The van der Waals surface area contributed by atoms with Crippen molar-refractivity contribution >= 4 is 29.1 Å². The summed E-state index contributed by atoms with van der Waals surface area (Å²) in [6.07, 6.45) is 2.27. The fraction of sp³-hybridized carbons (Fsp3) is 0.100. The third-order valence-electron chi connectivity index (χ3n) is 3.72. The molecular formula is C20H16ClN5O. The van der Waals surface area contributed by atoms with Crippen LogP contribution >= 0.6 is 11.6 Å². The molecule has 0 saturated heterocycles. The molecule has 0 aliphatic heterocycles. The minimum Gasteiger partial charge on any atom is -0.354 e. The summed E-state index contributed by atoms with van der Waals surface area (Å²) in [6.45, 7) is 0.607. The summed E-state index contributed by atoms with van der Waals surface area (Å²) in [7, 11) is 0. The first-order chi connectivity index (χ1) is 13.1. The summed E-state index contributed by atoms with van der Waals surface area (Å²) in [4.78, 5) is 20.7. The second kappa shape index (κ2) is 8.79. The van der Waals surface area contributed by atoms with Crippen LogP contribution in [0, 0.1) is 11.3 Å². The zero-order chi connectivity index (χ0) is 19.1. The fourth-order valence-electron chi connectivity index (χ4n) is 2.44. The lowest BCUT2D eigenvalue weighted by Crippen LogP contribution is -2.16. The highest BCUT2D eigenvalue weighted by molar-refractivity contribution is 6.30. The van der Waals surface area contributed by atoms with E-state index in [1.807, 2.05) is 30.3 Å². The first-order valence-corrected chi connectivity index (χ1v) is 8.65. The average molecular weight is 378 g/mol. The minimum atomic E-state index is -0.370. The largest absolute Gasteiger partial charge is 0.354 e. The van der Waals surface area contributed by atoms with Crippen LogP contribution in [-0.2, 0) is 6.42 Å². The van der Waals surface area contributed by atoms with Crippen molar-refractivity contribution < 1.29 is 4.79 Å². The minimum absolute atomic E-state index is 0.234. The second-order valence-corrected chi connectivity index (χ2v) is 6.16. The van der Waals surface area contributed by atoms with Crippen molar-refractivity contribution in [2.24, 2.45) is 0 Å². The van der Waals surface area contributed by atoms with Crippen molar-refractivity contribution in [1.29, 1.82) is 5.26 Å². The van der Waals surface area contributed by atoms with Crippen LogP contribution < -0.4 is 10.6 Å². The topological polar surface area (TPSA) is 90.7 Å². The van der Waals surface area contributed by atoms with Crippen molar-refractivity contribution in [2.45, 2.75) is 6.42 Å². The number of halogens is 1. The summed E-state index contributed by atoms with van der Waals surface area (Å²) in [5, 5.41) is 15.5. The van der Waals surface area contributed by atoms with Crippen LogP contribution in [0.5, 0.6) is 0 Å². The van der Waals surface area contributed by atoms with E-state index >= 15 is 0 Å². The molecule has 0 fully saturated rings. The van der Waals surface area contributed by atoms with E-state index in [4.69, 9.17) is 16.9 Å². The lowest BCUT2D eigenvalue weighted by Gasteiger charge is -2.08. The van der Waals surface area contributed by atoms with E-state index in [9.17, 15) is 4.79 Å². The quantitative estimate of drug-likeness (QED) is 0.679. The Hall–Kier alpha value is -3.43. The normalized spacial score (nSPS) is 10.1. The molecule has 2 aromatic carbocycles. The molecule has 0 unspecified atom stereocenters. The van der Waals surface area contributed by atoms with Gasteiger partial charge in [0.05, 0.1) is 11.6 Å². The number of amides is 1. The highest BCUT2D eigenvalue weighted by Crippen LogP contribution is 2.13. The Balaban J connectivity index is 1.60. The number of rotatable bonds is 6. The number of hydrogen-bond donors (Lipinski definition) is 2. The van der Waals surface area contributed by atoms with E-state index in [1.165, 1.54) is 12.3 Å². The van der Waals surface area contributed by atoms with Crippen molar-refractivity contribution in [1.82, 2.24) is 9.97 Å². The Morgan fingerprint density at radius 2 is 2.00 bits per heavy atom. The van der Waals surface area contributed by atoms with Crippen LogP contribution in [0.15, 0.2) is 60.8 Å². The zero-order valence-electron chi connectivity index (χ0n) is 14.3. The van der Waals surface area contributed by atoms with Crippen LogP contribution in [0.1, 0.15) is 21.6 Å². The molecule has 0 atom stereocenters. The number of anilines is 2. The van der Waals surface area contributed by atoms with Gasteiger partial charge in [0.1, 0.15) is 5.69 Å². The highest BCUT2D eigenvalue weighted by Gasteiger charge is 2.09. The molecule has 2 N–H and O–H groups in total. The van der Waals surface area contributed by atoms with E-state index in [-0.39, 0.29) is 11.6 Å². The van der Waals surface area contributed by atoms with E-state index in [0.29, 0.717) is 28.8 Å². The molecule has 0 saturated carbocycles. The molecule has 134 valence electrons. The molecule has 7 heteroatoms. The van der Waals surface area contributed by atoms with Crippen molar-refractivity contribution in [3.8, 4) is 6.07 Å². The molecule has 0 bridgehead atoms. The first-order valence-electron chi connectivity index (χ1n) is 8.27. The smallest absolute Gasteiger partial charge is 0.274 e. The lowest BCUT2D eigenvalue weighted by molar-refractivity contribution is 0.102. The maximum atomic E-state index is 12.4. The number of nitriles is 1. The Morgan fingerprint density at radius 1 is 1.15 bits per heavy atom. The number of hydrogen-bond acceptors (Lipinski definition) is 5. The van der Waals surface area contributed by atoms with Gasteiger partial charge in [-0.1, -0.05) is 29.8 Å². The molecule has 1 amide bonds. The predicted octanol–water partition coefficient (Wildman–Crippen LogP) is 3.91. The van der Waals surface area contributed by atoms with Gasteiger partial charge >= 0.3 is 0 Å². The third-order valence-corrected chi connectivity index (χ3v) is 3.96. The Kier molecular flexibility index (Phi) is 5.98. The second-order valence-electron chi connectivity index (χ2n) is 5.72. The van der Waals surface area contributed by atoms with Gasteiger partial charge in [-0.05, 0) is 48.4 Å². The van der Waals surface area contributed by atoms with Crippen molar-refractivity contribution in [2.75, 3.05) is 17.2 Å². The van der Waals surface area contributed by atoms with E-state index in [2.05, 4.69) is 20.6 Å². The molecule has 3 aromatic rings. The van der Waals surface area contributed by atoms with Gasteiger partial charge in [-0.25, -0.2) is 9.97 Å². The number of carbonyl (C=O) groups excluding carboxylic acids is 1. The lowest BCUT2D eigenvalue weighted by atomic mass is 10.1. The van der Waals surface area contributed by atoms with Gasteiger partial charge in [0.15, 0.2) is 0 Å². The average Bonchev–Trinajstić information content (AvgIpc) is 2.68. The number of nitrogens with one attached hydrogen (secondary N) is 2. The Bertz CT molecular complexity index is 999. The molecule has 6 nitrogen and oxygen atoms in total. The highest BCUT2D eigenvalue weighted by atomic mass is 35.5. The maximum absolute atomic E-state index is 12.4. The molecule has 0 radical (unpaired) electrons. The van der Waals surface area contributed by atoms with Gasteiger partial charge in [0.25, 0.3) is 5.91 Å². The molecular weight excluding hydrogens is 362 g/mol. The first kappa shape index (κ1) is 18.4. The molecule has 1 heterocycles. The Labute approximate surface area is 161 Å². The van der Waals surface area contributed by atoms with E-state index < -0.39 is 0 Å². The van der Waals surface area contributed by atoms with Crippen LogP contribution in [0.2, 0.25) is 5.02 Å². The molecule has 0 aliphatic rings. The molecule has 27 heavy (non-hydrogen) atoms. The predicted molar refractivity (Wildman–Crippen MR) is 105 cm³/mol. The van der Waals surface area contributed by atoms with Gasteiger partial charge in [-0.2, -0.15) is 5.26 Å². The monoisotopic (exact) mass is 377 g/mol. The SMILES string of the molecule is N#Cc1cccc(NC(=O)c2ccnc(NCCc3cccc(Cl)c3)n2)c1. The van der Waals surface area contributed by atoms with Gasteiger partial charge in [0, 0.05) is 23.5 Å². The summed E-state index contributed by atoms with van der Waals surface area (Å²) in [5.41, 5.74) is 2.34. The van der Waals surface area contributed by atoms with Crippen LogP contribution in [0.4, 0.5) is 11.6 Å². The van der Waals surface area contributed by atoms with E-state index in [0.717, 1.165) is 12.0 Å². The number of benzene rings is 2. The van der Waals surface area contributed by atoms with Crippen molar-refractivity contribution in [3.63, 3.8) is 0 Å². The molecule has 0 aliphatic carbocycles. The summed E-state index contributed by atoms with van der Waals surface area (Å²) >= 11 is 5.97. The van der Waals surface area contributed by atoms with Gasteiger partial charge in [-0.3, -0.25) is 4.79 Å². The van der Waals surface area contributed by atoms with Crippen LogP contribution in [-0.4, -0.2) is 22.4 Å². The van der Waals surface area contributed by atoms with Crippen LogP contribution in [0.3, 0.4) is 0 Å².